The maximum atomic E-state index is 14.8. The van der Waals surface area contributed by atoms with Crippen LogP contribution in [-0.4, -0.2) is 29.0 Å². The van der Waals surface area contributed by atoms with Crippen molar-refractivity contribution >= 4 is 38.7 Å². The zero-order valence-corrected chi connectivity index (χ0v) is 19.6. The van der Waals surface area contributed by atoms with Crippen LogP contribution >= 0.6 is 15.9 Å². The van der Waals surface area contributed by atoms with Gasteiger partial charge in [-0.25, -0.2) is 9.37 Å². The average molecular weight is 485 g/mol. The van der Waals surface area contributed by atoms with E-state index in [4.69, 9.17) is 0 Å². The molecule has 31 heavy (non-hydrogen) atoms. The predicted octanol–water partition coefficient (Wildman–Crippen LogP) is 5.47. The molecule has 162 valence electrons. The van der Waals surface area contributed by atoms with Crippen LogP contribution < -0.4 is 10.5 Å². The van der Waals surface area contributed by atoms with Gasteiger partial charge < -0.3 is 4.90 Å². The summed E-state index contributed by atoms with van der Waals surface area (Å²) in [6, 6.07) is 10.6. The third-order valence-electron chi connectivity index (χ3n) is 5.50. The number of rotatable bonds is 3. The normalized spacial score (nSPS) is 15.2. The third-order valence-corrected chi connectivity index (χ3v) is 5.99. The summed E-state index contributed by atoms with van der Waals surface area (Å²) < 4.78 is 16.9. The first kappa shape index (κ1) is 21.7. The van der Waals surface area contributed by atoms with Crippen LogP contribution in [0, 0.1) is 5.82 Å². The summed E-state index contributed by atoms with van der Waals surface area (Å²) in [4.78, 5) is 20.1. The molecule has 0 bridgehead atoms. The van der Waals surface area contributed by atoms with E-state index in [0.29, 0.717) is 22.3 Å². The maximum absolute atomic E-state index is 14.8. The fourth-order valence-corrected chi connectivity index (χ4v) is 4.19. The molecule has 1 saturated heterocycles. The van der Waals surface area contributed by atoms with Gasteiger partial charge in [0.1, 0.15) is 11.6 Å². The number of fused-ring (bicyclic) bond motifs is 1. The van der Waals surface area contributed by atoms with Crippen molar-refractivity contribution in [1.29, 1.82) is 0 Å². The summed E-state index contributed by atoms with van der Waals surface area (Å²) in [7, 11) is 0. The van der Waals surface area contributed by atoms with Crippen molar-refractivity contribution in [1.82, 2.24) is 9.66 Å². The number of benzene rings is 2. The minimum atomic E-state index is -0.422. The van der Waals surface area contributed by atoms with Gasteiger partial charge in [0.15, 0.2) is 0 Å². The Morgan fingerprint density at radius 3 is 2.52 bits per heavy atom. The summed E-state index contributed by atoms with van der Waals surface area (Å²) in [5, 5.41) is 4.83. The Labute approximate surface area is 189 Å². The second kappa shape index (κ2) is 8.54. The van der Waals surface area contributed by atoms with Crippen molar-refractivity contribution in [2.45, 2.75) is 45.4 Å². The summed E-state index contributed by atoms with van der Waals surface area (Å²) in [5.41, 5.74) is 1.13. The van der Waals surface area contributed by atoms with E-state index in [1.165, 1.54) is 17.3 Å². The largest absolute Gasteiger partial charge is 0.371 e. The van der Waals surface area contributed by atoms with Crippen molar-refractivity contribution in [2.24, 2.45) is 5.10 Å². The Bertz CT molecular complexity index is 1210. The van der Waals surface area contributed by atoms with Crippen LogP contribution in [0.4, 0.5) is 10.1 Å². The highest BCUT2D eigenvalue weighted by atomic mass is 79.9. The SMILES string of the molecule is CC(C)(C)c1nc2ccc(Br)cc2c(=O)n1N=Cc1ccc(N2CCCCC2)cc1F. The molecular weight excluding hydrogens is 459 g/mol. The molecule has 0 saturated carbocycles. The van der Waals surface area contributed by atoms with E-state index in [9.17, 15) is 9.18 Å². The molecule has 2 aromatic carbocycles. The van der Waals surface area contributed by atoms with Crippen molar-refractivity contribution in [3.63, 3.8) is 0 Å². The number of piperidine rings is 1. The lowest BCUT2D eigenvalue weighted by molar-refractivity contribution is 0.506. The van der Waals surface area contributed by atoms with Crippen LogP contribution in [0.15, 0.2) is 50.8 Å². The highest BCUT2D eigenvalue weighted by molar-refractivity contribution is 9.10. The number of hydrogen-bond acceptors (Lipinski definition) is 4. The zero-order valence-electron chi connectivity index (χ0n) is 18.0. The lowest BCUT2D eigenvalue weighted by Crippen LogP contribution is -2.29. The summed E-state index contributed by atoms with van der Waals surface area (Å²) in [6.45, 7) is 7.82. The van der Waals surface area contributed by atoms with E-state index in [2.05, 4.69) is 30.9 Å². The van der Waals surface area contributed by atoms with Crippen LogP contribution in [0.3, 0.4) is 0 Å². The lowest BCUT2D eigenvalue weighted by atomic mass is 9.95. The quantitative estimate of drug-likeness (QED) is 0.463. The molecule has 3 aromatic rings. The van der Waals surface area contributed by atoms with E-state index in [-0.39, 0.29) is 11.4 Å². The zero-order chi connectivity index (χ0) is 22.2. The molecule has 0 radical (unpaired) electrons. The van der Waals surface area contributed by atoms with Crippen molar-refractivity contribution in [2.75, 3.05) is 18.0 Å². The number of aromatic nitrogens is 2. The van der Waals surface area contributed by atoms with E-state index in [1.807, 2.05) is 39.0 Å². The molecule has 0 amide bonds. The molecular formula is C24H26BrFN4O. The van der Waals surface area contributed by atoms with Gasteiger partial charge in [0.05, 0.1) is 17.1 Å². The molecule has 1 aromatic heterocycles. The molecule has 2 heterocycles. The average Bonchev–Trinajstić information content (AvgIpc) is 2.74. The first-order valence-corrected chi connectivity index (χ1v) is 11.3. The van der Waals surface area contributed by atoms with Gasteiger partial charge >= 0.3 is 0 Å². The summed E-state index contributed by atoms with van der Waals surface area (Å²) in [6.07, 6.45) is 4.89. The van der Waals surface area contributed by atoms with Gasteiger partial charge in [-0.1, -0.05) is 36.7 Å². The van der Waals surface area contributed by atoms with E-state index in [1.54, 1.807) is 18.2 Å². The first-order valence-electron chi connectivity index (χ1n) is 10.6. The monoisotopic (exact) mass is 484 g/mol. The van der Waals surface area contributed by atoms with Crippen LogP contribution in [-0.2, 0) is 5.41 Å². The molecule has 0 aliphatic carbocycles. The van der Waals surface area contributed by atoms with Gasteiger partial charge in [-0.15, -0.1) is 0 Å². The number of nitrogens with zero attached hydrogens (tertiary/aromatic N) is 4. The van der Waals surface area contributed by atoms with Gasteiger partial charge in [0.2, 0.25) is 0 Å². The van der Waals surface area contributed by atoms with Crippen LogP contribution in [0.2, 0.25) is 0 Å². The summed E-state index contributed by atoms with van der Waals surface area (Å²) >= 11 is 3.41. The smallest absolute Gasteiger partial charge is 0.282 e. The van der Waals surface area contributed by atoms with Gasteiger partial charge in [0.25, 0.3) is 5.56 Å². The highest BCUT2D eigenvalue weighted by Gasteiger charge is 2.23. The minimum Gasteiger partial charge on any atom is -0.371 e. The standard InChI is InChI=1S/C24H26BrFN4O/c1-24(2,3)23-28-21-10-8-17(25)13-19(21)22(31)30(23)27-15-16-7-9-18(14-20(16)26)29-11-5-4-6-12-29/h7-10,13-15H,4-6,11-12H2,1-3H3. The number of hydrogen-bond donors (Lipinski definition) is 0. The van der Waals surface area contributed by atoms with Gasteiger partial charge in [-0.05, 0) is 55.7 Å². The van der Waals surface area contributed by atoms with E-state index in [0.717, 1.165) is 36.1 Å². The van der Waals surface area contributed by atoms with E-state index >= 15 is 0 Å². The molecule has 7 heteroatoms. The first-order chi connectivity index (χ1) is 14.7. The van der Waals surface area contributed by atoms with Crippen molar-refractivity contribution in [3.8, 4) is 0 Å². The molecule has 0 atom stereocenters. The topological polar surface area (TPSA) is 50.5 Å². The molecule has 1 aliphatic heterocycles. The summed E-state index contributed by atoms with van der Waals surface area (Å²) in [5.74, 6) is 0.169. The third kappa shape index (κ3) is 4.56. The minimum absolute atomic E-state index is 0.280. The molecule has 0 spiro atoms. The Kier molecular flexibility index (Phi) is 5.97. The molecule has 1 aliphatic rings. The second-order valence-corrected chi connectivity index (χ2v) is 9.88. The molecule has 4 rings (SSSR count). The number of halogens is 2. The Hall–Kier alpha value is -2.54. The Morgan fingerprint density at radius 2 is 1.84 bits per heavy atom. The van der Waals surface area contributed by atoms with Crippen LogP contribution in [0.25, 0.3) is 10.9 Å². The van der Waals surface area contributed by atoms with Gasteiger partial charge in [0, 0.05) is 34.2 Å². The predicted molar refractivity (Wildman–Crippen MR) is 128 cm³/mol. The van der Waals surface area contributed by atoms with E-state index < -0.39 is 5.41 Å². The van der Waals surface area contributed by atoms with Crippen molar-refractivity contribution in [3.05, 3.63) is 68.4 Å². The Balaban J connectivity index is 1.75. The van der Waals surface area contributed by atoms with Crippen molar-refractivity contribution < 1.29 is 4.39 Å². The van der Waals surface area contributed by atoms with Gasteiger partial charge in [-0.2, -0.15) is 9.78 Å². The molecule has 5 nitrogen and oxygen atoms in total. The fourth-order valence-electron chi connectivity index (χ4n) is 3.83. The number of anilines is 1. The maximum Gasteiger partial charge on any atom is 0.282 e. The highest BCUT2D eigenvalue weighted by Crippen LogP contribution is 2.24. The second-order valence-electron chi connectivity index (χ2n) is 8.96. The molecule has 0 unspecified atom stereocenters. The molecule has 1 fully saturated rings. The van der Waals surface area contributed by atoms with Crippen LogP contribution in [0.1, 0.15) is 51.4 Å². The van der Waals surface area contributed by atoms with Gasteiger partial charge in [-0.3, -0.25) is 4.79 Å². The Morgan fingerprint density at radius 1 is 1.10 bits per heavy atom. The fraction of sp³-hybridized carbons (Fsp3) is 0.375. The lowest BCUT2D eigenvalue weighted by Gasteiger charge is -2.28. The van der Waals surface area contributed by atoms with Crippen LogP contribution in [0.5, 0.6) is 0 Å². The molecule has 0 N–H and O–H groups in total.